The molecule has 0 fully saturated rings. The number of carbonyl (C=O) groups is 2. The van der Waals surface area contributed by atoms with E-state index in [4.69, 9.17) is 0 Å². The molecule has 0 saturated heterocycles. The molecule has 1 amide bonds. The Morgan fingerprint density at radius 3 is 2.54 bits per heavy atom. The number of alkyl halides is 3. The highest BCUT2D eigenvalue weighted by molar-refractivity contribution is 5.94. The molecule has 0 aliphatic heterocycles. The number of halogens is 3. The number of carboxylic acids is 1. The van der Waals surface area contributed by atoms with Crippen molar-refractivity contribution in [2.24, 2.45) is 5.92 Å². The summed E-state index contributed by atoms with van der Waals surface area (Å²) in [4.78, 5) is 27.0. The van der Waals surface area contributed by atoms with Gasteiger partial charge in [-0.2, -0.15) is 13.2 Å². The van der Waals surface area contributed by atoms with Crippen molar-refractivity contribution in [2.45, 2.75) is 32.5 Å². The monoisotopic (exact) mass is 371 g/mol. The molecule has 26 heavy (non-hydrogen) atoms. The zero-order valence-corrected chi connectivity index (χ0v) is 13.9. The van der Waals surface area contributed by atoms with E-state index in [9.17, 15) is 27.9 Å². The molecule has 2 unspecified atom stereocenters. The lowest BCUT2D eigenvalue weighted by atomic mass is 9.99. The van der Waals surface area contributed by atoms with E-state index in [0.29, 0.717) is 12.6 Å². The second-order valence-corrected chi connectivity index (χ2v) is 5.63. The molecule has 2 aromatic heterocycles. The molecule has 0 bridgehead atoms. The summed E-state index contributed by atoms with van der Waals surface area (Å²) < 4.78 is 38.6. The number of carboxylic acid groups (broad SMARTS) is 1. The van der Waals surface area contributed by atoms with E-state index < -0.39 is 29.7 Å². The van der Waals surface area contributed by atoms with Gasteiger partial charge in [-0.1, -0.05) is 25.5 Å². The van der Waals surface area contributed by atoms with Crippen LogP contribution in [-0.2, 0) is 11.0 Å². The summed E-state index contributed by atoms with van der Waals surface area (Å²) in [7, 11) is 0. The predicted molar refractivity (Wildman–Crippen MR) is 82.5 cm³/mol. The van der Waals surface area contributed by atoms with Crippen LogP contribution in [0, 0.1) is 5.92 Å². The van der Waals surface area contributed by atoms with Crippen LogP contribution >= 0.6 is 0 Å². The Kier molecular flexibility index (Phi) is 5.58. The molecule has 2 aromatic rings. The Hall–Kier alpha value is -2.98. The van der Waals surface area contributed by atoms with Crippen LogP contribution in [0.2, 0.25) is 0 Å². The quantitative estimate of drug-likeness (QED) is 0.803. The molecular weight excluding hydrogens is 355 g/mol. The number of pyridine rings is 1. The summed E-state index contributed by atoms with van der Waals surface area (Å²) in [6, 6.07) is 0.813. The Labute approximate surface area is 146 Å². The second kappa shape index (κ2) is 7.50. The summed E-state index contributed by atoms with van der Waals surface area (Å²) in [5, 5.41) is 18.8. The maximum absolute atomic E-state index is 12.5. The number of aromatic nitrogens is 4. The molecule has 2 heterocycles. The van der Waals surface area contributed by atoms with Gasteiger partial charge in [-0.25, -0.2) is 14.5 Å². The molecule has 140 valence electrons. The third kappa shape index (κ3) is 4.35. The van der Waals surface area contributed by atoms with E-state index in [2.05, 4.69) is 20.6 Å². The van der Waals surface area contributed by atoms with Gasteiger partial charge in [0.05, 0.1) is 11.8 Å². The fourth-order valence-electron chi connectivity index (χ4n) is 2.07. The average molecular weight is 371 g/mol. The molecule has 2 rings (SSSR count). The van der Waals surface area contributed by atoms with Gasteiger partial charge >= 0.3 is 12.1 Å². The van der Waals surface area contributed by atoms with Gasteiger partial charge in [0, 0.05) is 6.20 Å². The third-order valence-corrected chi connectivity index (χ3v) is 3.80. The highest BCUT2D eigenvalue weighted by Gasteiger charge is 2.31. The van der Waals surface area contributed by atoms with Crippen LogP contribution < -0.4 is 5.32 Å². The Morgan fingerprint density at radius 2 is 2.04 bits per heavy atom. The maximum atomic E-state index is 12.5. The highest BCUT2D eigenvalue weighted by Crippen LogP contribution is 2.28. The van der Waals surface area contributed by atoms with Crippen LogP contribution in [0.3, 0.4) is 0 Å². The summed E-state index contributed by atoms with van der Waals surface area (Å²) in [6.45, 7) is 3.47. The number of hydrogen-bond donors (Lipinski definition) is 2. The summed E-state index contributed by atoms with van der Waals surface area (Å²) in [6.07, 6.45) is -2.18. The van der Waals surface area contributed by atoms with Crippen LogP contribution in [0.4, 0.5) is 13.2 Å². The lowest BCUT2D eigenvalue weighted by molar-refractivity contribution is -0.140. The zero-order valence-electron chi connectivity index (χ0n) is 13.9. The predicted octanol–water partition coefficient (Wildman–Crippen LogP) is 1.91. The van der Waals surface area contributed by atoms with Gasteiger partial charge < -0.3 is 10.4 Å². The first-order chi connectivity index (χ1) is 12.1. The summed E-state index contributed by atoms with van der Waals surface area (Å²) in [5.41, 5.74) is -1.10. The Bertz CT molecular complexity index is 789. The average Bonchev–Trinajstić information content (AvgIpc) is 3.08. The van der Waals surface area contributed by atoms with Gasteiger partial charge in [0.15, 0.2) is 11.5 Å². The lowest BCUT2D eigenvalue weighted by Crippen LogP contribution is -2.45. The van der Waals surface area contributed by atoms with E-state index in [-0.39, 0.29) is 17.4 Å². The van der Waals surface area contributed by atoms with Crippen LogP contribution in [0.25, 0.3) is 5.82 Å². The first-order valence-corrected chi connectivity index (χ1v) is 7.63. The first kappa shape index (κ1) is 19.3. The van der Waals surface area contributed by atoms with Crippen molar-refractivity contribution in [2.75, 3.05) is 0 Å². The van der Waals surface area contributed by atoms with Gasteiger partial charge in [-0.15, -0.1) is 5.10 Å². The second-order valence-electron chi connectivity index (χ2n) is 5.63. The third-order valence-electron chi connectivity index (χ3n) is 3.80. The van der Waals surface area contributed by atoms with E-state index >= 15 is 0 Å². The first-order valence-electron chi connectivity index (χ1n) is 7.63. The van der Waals surface area contributed by atoms with Gasteiger partial charge in [-0.05, 0) is 18.1 Å². The largest absolute Gasteiger partial charge is 0.480 e. The topological polar surface area (TPSA) is 110 Å². The van der Waals surface area contributed by atoms with Crippen LogP contribution in [0.5, 0.6) is 0 Å². The maximum Gasteiger partial charge on any atom is 0.417 e. The number of nitrogens with one attached hydrogen (secondary N) is 1. The molecular formula is C15H16F3N5O3. The van der Waals surface area contributed by atoms with Crippen molar-refractivity contribution in [3.63, 3.8) is 0 Å². The van der Waals surface area contributed by atoms with Crippen molar-refractivity contribution >= 4 is 11.9 Å². The van der Waals surface area contributed by atoms with Crippen molar-refractivity contribution in [3.05, 3.63) is 35.8 Å². The fraction of sp³-hybridized carbons (Fsp3) is 0.400. The van der Waals surface area contributed by atoms with E-state index in [1.54, 1.807) is 13.8 Å². The van der Waals surface area contributed by atoms with Crippen molar-refractivity contribution in [1.82, 2.24) is 25.3 Å². The van der Waals surface area contributed by atoms with E-state index in [1.807, 2.05) is 0 Å². The molecule has 0 radical (unpaired) electrons. The number of amides is 1. The van der Waals surface area contributed by atoms with Crippen LogP contribution in [0.15, 0.2) is 24.5 Å². The van der Waals surface area contributed by atoms with Crippen molar-refractivity contribution in [1.29, 1.82) is 0 Å². The molecule has 0 aliphatic rings. The summed E-state index contributed by atoms with van der Waals surface area (Å²) >= 11 is 0. The van der Waals surface area contributed by atoms with E-state index in [1.165, 1.54) is 0 Å². The smallest absolute Gasteiger partial charge is 0.417 e. The molecule has 0 aliphatic carbocycles. The molecule has 2 N–H and O–H groups in total. The molecule has 0 saturated carbocycles. The van der Waals surface area contributed by atoms with Crippen molar-refractivity contribution < 1.29 is 27.9 Å². The lowest BCUT2D eigenvalue weighted by Gasteiger charge is -2.19. The van der Waals surface area contributed by atoms with E-state index in [0.717, 1.165) is 23.0 Å². The number of aliphatic carboxylic acids is 1. The minimum Gasteiger partial charge on any atom is -0.480 e. The van der Waals surface area contributed by atoms with Crippen LogP contribution in [-0.4, -0.2) is 43.0 Å². The van der Waals surface area contributed by atoms with Crippen molar-refractivity contribution in [3.8, 4) is 5.82 Å². The number of nitrogens with zero attached hydrogens (tertiary/aromatic N) is 4. The van der Waals surface area contributed by atoms with Gasteiger partial charge in [0.1, 0.15) is 6.04 Å². The van der Waals surface area contributed by atoms with Crippen LogP contribution in [0.1, 0.15) is 36.3 Å². The number of rotatable bonds is 6. The summed E-state index contributed by atoms with van der Waals surface area (Å²) in [5.74, 6) is -2.20. The Morgan fingerprint density at radius 1 is 1.35 bits per heavy atom. The van der Waals surface area contributed by atoms with Gasteiger partial charge in [0.2, 0.25) is 0 Å². The minimum atomic E-state index is -4.51. The molecule has 11 heteroatoms. The Balaban J connectivity index is 2.16. The van der Waals surface area contributed by atoms with Gasteiger partial charge in [0.25, 0.3) is 5.91 Å². The molecule has 8 nitrogen and oxygen atoms in total. The number of carbonyl (C=O) groups excluding carboxylic acids is 1. The molecule has 0 aromatic carbocycles. The normalized spacial score (nSPS) is 13.9. The fourth-order valence-corrected chi connectivity index (χ4v) is 2.07. The number of hydrogen-bond acceptors (Lipinski definition) is 5. The zero-order chi connectivity index (χ0) is 19.5. The van der Waals surface area contributed by atoms with Gasteiger partial charge in [-0.3, -0.25) is 4.79 Å². The molecule has 0 spiro atoms. The standard InChI is InChI=1S/C15H16F3N5O3/c1-3-8(2)12(14(25)26)20-13(24)10-7-23(22-21-10)11-5-4-9(6-19-11)15(16,17)18/h4-8,12H,3H2,1-2H3,(H,20,24)(H,25,26). The molecule has 2 atom stereocenters. The highest BCUT2D eigenvalue weighted by atomic mass is 19.4. The minimum absolute atomic E-state index is 0.0289. The SMILES string of the molecule is CCC(C)C(NC(=O)c1cn(-c2ccc(C(F)(F)F)cn2)nn1)C(=O)O.